The zero-order valence-corrected chi connectivity index (χ0v) is 8.59. The number of carbonyl (C=O) groups is 2. The summed E-state index contributed by atoms with van der Waals surface area (Å²) >= 11 is 0. The number of carboxylic acid groups (broad SMARTS) is 1. The Morgan fingerprint density at radius 3 is 2.38 bits per heavy atom. The number of hydrogen-bond donors (Lipinski definition) is 3. The summed E-state index contributed by atoms with van der Waals surface area (Å²) in [5.74, 6) is -1.81. The van der Waals surface area contributed by atoms with E-state index in [1.54, 1.807) is 24.3 Å². The van der Waals surface area contributed by atoms with E-state index in [0.717, 1.165) is 5.56 Å². The first-order valence-electron chi connectivity index (χ1n) is 4.80. The lowest BCUT2D eigenvalue weighted by atomic mass is 10.1. The van der Waals surface area contributed by atoms with Crippen LogP contribution in [0.4, 0.5) is 0 Å². The van der Waals surface area contributed by atoms with Crippen LogP contribution in [0.15, 0.2) is 30.3 Å². The van der Waals surface area contributed by atoms with Crippen molar-refractivity contribution >= 4 is 11.9 Å². The molecule has 3 N–H and O–H groups in total. The van der Waals surface area contributed by atoms with Gasteiger partial charge in [0.15, 0.2) is 0 Å². The van der Waals surface area contributed by atoms with E-state index in [2.05, 4.69) is 5.32 Å². The SMILES string of the molecule is O=C(O)CC(=O)NC(CO)c1ccccc1. The van der Waals surface area contributed by atoms with E-state index in [9.17, 15) is 9.59 Å². The lowest BCUT2D eigenvalue weighted by molar-refractivity contribution is -0.141. The van der Waals surface area contributed by atoms with Crippen LogP contribution in [0.2, 0.25) is 0 Å². The number of aliphatic carboxylic acids is 1. The van der Waals surface area contributed by atoms with Gasteiger partial charge in [0.05, 0.1) is 12.6 Å². The van der Waals surface area contributed by atoms with Crippen LogP contribution in [-0.4, -0.2) is 28.7 Å². The molecule has 0 heterocycles. The minimum atomic E-state index is -1.19. The molecule has 1 rings (SSSR count). The normalized spacial score (nSPS) is 11.8. The van der Waals surface area contributed by atoms with Crippen LogP contribution >= 0.6 is 0 Å². The van der Waals surface area contributed by atoms with Gasteiger partial charge in [0.2, 0.25) is 5.91 Å². The van der Waals surface area contributed by atoms with Gasteiger partial charge in [-0.05, 0) is 5.56 Å². The maximum absolute atomic E-state index is 11.2. The summed E-state index contributed by atoms with van der Waals surface area (Å²) in [6.07, 6.45) is -0.594. The Morgan fingerprint density at radius 2 is 1.88 bits per heavy atom. The third kappa shape index (κ3) is 3.70. The largest absolute Gasteiger partial charge is 0.481 e. The molecule has 0 saturated carbocycles. The van der Waals surface area contributed by atoms with E-state index in [4.69, 9.17) is 10.2 Å². The number of aliphatic hydroxyl groups excluding tert-OH is 1. The highest BCUT2D eigenvalue weighted by Crippen LogP contribution is 2.11. The van der Waals surface area contributed by atoms with Crippen molar-refractivity contribution in [1.29, 1.82) is 0 Å². The average Bonchev–Trinajstić information content (AvgIpc) is 2.26. The molecule has 0 saturated heterocycles. The quantitative estimate of drug-likeness (QED) is 0.627. The number of amides is 1. The number of rotatable bonds is 5. The molecule has 0 radical (unpaired) electrons. The van der Waals surface area contributed by atoms with Crippen LogP contribution in [-0.2, 0) is 9.59 Å². The molecule has 86 valence electrons. The Morgan fingerprint density at radius 1 is 1.25 bits per heavy atom. The number of hydrogen-bond acceptors (Lipinski definition) is 3. The molecule has 1 aromatic carbocycles. The molecule has 0 aliphatic carbocycles. The molecule has 5 heteroatoms. The van der Waals surface area contributed by atoms with Crippen LogP contribution in [0, 0.1) is 0 Å². The Balaban J connectivity index is 2.63. The molecule has 0 aliphatic heterocycles. The number of carboxylic acids is 1. The lowest BCUT2D eigenvalue weighted by Crippen LogP contribution is -2.32. The van der Waals surface area contributed by atoms with Gasteiger partial charge in [-0.3, -0.25) is 9.59 Å². The first kappa shape index (κ1) is 12.2. The van der Waals surface area contributed by atoms with Gasteiger partial charge in [0, 0.05) is 0 Å². The fourth-order valence-electron chi connectivity index (χ4n) is 1.30. The van der Waals surface area contributed by atoms with Crippen molar-refractivity contribution < 1.29 is 19.8 Å². The molecular formula is C11H13NO4. The van der Waals surface area contributed by atoms with E-state index < -0.39 is 24.3 Å². The van der Waals surface area contributed by atoms with Crippen molar-refractivity contribution in [3.8, 4) is 0 Å². The van der Waals surface area contributed by atoms with E-state index >= 15 is 0 Å². The van der Waals surface area contributed by atoms with Crippen molar-refractivity contribution in [3.05, 3.63) is 35.9 Å². The fraction of sp³-hybridized carbons (Fsp3) is 0.273. The third-order valence-corrected chi connectivity index (χ3v) is 2.03. The zero-order valence-electron chi connectivity index (χ0n) is 8.59. The van der Waals surface area contributed by atoms with Gasteiger partial charge in [-0.25, -0.2) is 0 Å². The summed E-state index contributed by atoms with van der Waals surface area (Å²) in [4.78, 5) is 21.5. The third-order valence-electron chi connectivity index (χ3n) is 2.03. The van der Waals surface area contributed by atoms with Crippen molar-refractivity contribution in [2.45, 2.75) is 12.5 Å². The van der Waals surface area contributed by atoms with Crippen molar-refractivity contribution in [2.75, 3.05) is 6.61 Å². The highest BCUT2D eigenvalue weighted by Gasteiger charge is 2.15. The molecule has 0 bridgehead atoms. The Bertz CT molecular complexity index is 364. The number of aliphatic hydroxyl groups is 1. The molecule has 1 atom stereocenters. The molecular weight excluding hydrogens is 210 g/mol. The van der Waals surface area contributed by atoms with Crippen LogP contribution in [0.3, 0.4) is 0 Å². The summed E-state index contributed by atoms with van der Waals surface area (Å²) in [6, 6.07) is 8.32. The van der Waals surface area contributed by atoms with E-state index in [1.165, 1.54) is 0 Å². The molecule has 1 aromatic rings. The topological polar surface area (TPSA) is 86.6 Å². The number of nitrogens with one attached hydrogen (secondary N) is 1. The average molecular weight is 223 g/mol. The molecule has 0 spiro atoms. The van der Waals surface area contributed by atoms with Crippen LogP contribution in [0.5, 0.6) is 0 Å². The standard InChI is InChI=1S/C11H13NO4/c13-7-9(8-4-2-1-3-5-8)12-10(14)6-11(15)16/h1-5,9,13H,6-7H2,(H,12,14)(H,15,16). The first-order valence-corrected chi connectivity index (χ1v) is 4.80. The highest BCUT2D eigenvalue weighted by atomic mass is 16.4. The number of carbonyl (C=O) groups excluding carboxylic acids is 1. The Hall–Kier alpha value is -1.88. The Labute approximate surface area is 92.7 Å². The van der Waals surface area contributed by atoms with Gasteiger partial charge in [-0.15, -0.1) is 0 Å². The molecule has 1 amide bonds. The van der Waals surface area contributed by atoms with Gasteiger partial charge in [-0.2, -0.15) is 0 Å². The monoisotopic (exact) mass is 223 g/mol. The van der Waals surface area contributed by atoms with Gasteiger partial charge >= 0.3 is 5.97 Å². The molecule has 16 heavy (non-hydrogen) atoms. The molecule has 0 aromatic heterocycles. The fourth-order valence-corrected chi connectivity index (χ4v) is 1.30. The second kappa shape index (κ2) is 5.87. The van der Waals surface area contributed by atoms with E-state index in [0.29, 0.717) is 0 Å². The predicted octanol–water partition coefficient (Wildman–Crippen LogP) is 0.311. The highest BCUT2D eigenvalue weighted by molar-refractivity contribution is 5.93. The molecule has 0 aliphatic rings. The summed E-state index contributed by atoms with van der Waals surface area (Å²) in [6.45, 7) is -0.268. The van der Waals surface area contributed by atoms with Gasteiger partial charge in [0.25, 0.3) is 0 Å². The van der Waals surface area contributed by atoms with Crippen LogP contribution < -0.4 is 5.32 Å². The summed E-state index contributed by atoms with van der Waals surface area (Å²) in [5, 5.41) is 20.0. The zero-order chi connectivity index (χ0) is 12.0. The predicted molar refractivity (Wildman–Crippen MR) is 56.7 cm³/mol. The van der Waals surface area contributed by atoms with Crippen molar-refractivity contribution in [2.24, 2.45) is 0 Å². The number of benzene rings is 1. The van der Waals surface area contributed by atoms with Crippen LogP contribution in [0.25, 0.3) is 0 Å². The van der Waals surface area contributed by atoms with Gasteiger partial charge < -0.3 is 15.5 Å². The van der Waals surface area contributed by atoms with Crippen molar-refractivity contribution in [3.63, 3.8) is 0 Å². The van der Waals surface area contributed by atoms with Gasteiger partial charge in [-0.1, -0.05) is 30.3 Å². The van der Waals surface area contributed by atoms with Crippen molar-refractivity contribution in [1.82, 2.24) is 5.32 Å². The molecule has 0 fully saturated rings. The lowest BCUT2D eigenvalue weighted by Gasteiger charge is -2.15. The van der Waals surface area contributed by atoms with E-state index in [1.807, 2.05) is 6.07 Å². The maximum atomic E-state index is 11.2. The second-order valence-corrected chi connectivity index (χ2v) is 3.28. The molecule has 1 unspecified atom stereocenters. The smallest absolute Gasteiger partial charge is 0.312 e. The minimum Gasteiger partial charge on any atom is -0.481 e. The second-order valence-electron chi connectivity index (χ2n) is 3.28. The van der Waals surface area contributed by atoms with Crippen LogP contribution in [0.1, 0.15) is 18.0 Å². The molecule has 5 nitrogen and oxygen atoms in total. The summed E-state index contributed by atoms with van der Waals surface area (Å²) in [5.41, 5.74) is 0.740. The minimum absolute atomic E-state index is 0.268. The van der Waals surface area contributed by atoms with Gasteiger partial charge in [0.1, 0.15) is 6.42 Å². The Kier molecular flexibility index (Phi) is 4.47. The first-order chi connectivity index (χ1) is 7.63. The maximum Gasteiger partial charge on any atom is 0.312 e. The summed E-state index contributed by atoms with van der Waals surface area (Å²) in [7, 11) is 0. The van der Waals surface area contributed by atoms with E-state index in [-0.39, 0.29) is 6.61 Å². The summed E-state index contributed by atoms with van der Waals surface area (Å²) < 4.78 is 0.